The minimum atomic E-state index is -4.48. The highest BCUT2D eigenvalue weighted by molar-refractivity contribution is 7.99. The van der Waals surface area contributed by atoms with E-state index in [2.05, 4.69) is 0 Å². The van der Waals surface area contributed by atoms with Crippen LogP contribution in [0.25, 0.3) is 0 Å². The molecule has 26 heavy (non-hydrogen) atoms. The first kappa shape index (κ1) is 19.3. The SMILES string of the molecule is O=S(=O)(c1ccc(C(F)(F)F)cc1)N1CCS[C@@H](c2ccccc2)CC1. The van der Waals surface area contributed by atoms with E-state index in [4.69, 9.17) is 0 Å². The molecule has 0 aromatic heterocycles. The van der Waals surface area contributed by atoms with E-state index in [1.165, 1.54) is 4.31 Å². The summed E-state index contributed by atoms with van der Waals surface area (Å²) in [7, 11) is -3.80. The Balaban J connectivity index is 1.75. The molecule has 0 bridgehead atoms. The Bertz CT molecular complexity index is 837. The van der Waals surface area contributed by atoms with Crippen LogP contribution < -0.4 is 0 Å². The van der Waals surface area contributed by atoms with Gasteiger partial charge in [-0.2, -0.15) is 29.2 Å². The van der Waals surface area contributed by atoms with Crippen molar-refractivity contribution >= 4 is 21.8 Å². The third kappa shape index (κ3) is 4.24. The Morgan fingerprint density at radius 1 is 0.962 bits per heavy atom. The highest BCUT2D eigenvalue weighted by atomic mass is 32.2. The molecule has 0 N–H and O–H groups in total. The zero-order valence-electron chi connectivity index (χ0n) is 13.8. The van der Waals surface area contributed by atoms with Crippen molar-refractivity contribution in [1.29, 1.82) is 0 Å². The monoisotopic (exact) mass is 401 g/mol. The molecule has 0 aliphatic carbocycles. The molecule has 0 radical (unpaired) electrons. The second-order valence-corrected chi connectivity index (χ2v) is 9.23. The molecule has 0 spiro atoms. The van der Waals surface area contributed by atoms with Crippen LogP contribution in [0.4, 0.5) is 13.2 Å². The average Bonchev–Trinajstić information content (AvgIpc) is 2.88. The molecular weight excluding hydrogens is 383 g/mol. The van der Waals surface area contributed by atoms with Gasteiger partial charge in [0.2, 0.25) is 10.0 Å². The van der Waals surface area contributed by atoms with Crippen LogP contribution in [0.5, 0.6) is 0 Å². The fraction of sp³-hybridized carbons (Fsp3) is 0.333. The third-order valence-corrected chi connectivity index (χ3v) is 7.53. The van der Waals surface area contributed by atoms with E-state index in [0.717, 1.165) is 29.8 Å². The van der Waals surface area contributed by atoms with Gasteiger partial charge in [0.25, 0.3) is 0 Å². The zero-order valence-corrected chi connectivity index (χ0v) is 15.4. The van der Waals surface area contributed by atoms with E-state index >= 15 is 0 Å². The molecule has 140 valence electrons. The smallest absolute Gasteiger partial charge is 0.207 e. The highest BCUT2D eigenvalue weighted by Crippen LogP contribution is 2.36. The standard InChI is InChI=1S/C18H18F3NO2S2/c19-18(20,21)15-6-8-16(9-7-15)26(23,24)22-11-10-17(25-13-12-22)14-4-2-1-3-5-14/h1-9,17H,10-13H2/t17-/m1/s1. The van der Waals surface area contributed by atoms with Gasteiger partial charge in [0.15, 0.2) is 0 Å². The number of nitrogens with zero attached hydrogens (tertiary/aromatic N) is 1. The quantitative estimate of drug-likeness (QED) is 0.756. The molecule has 3 nitrogen and oxygen atoms in total. The molecule has 0 saturated carbocycles. The van der Waals surface area contributed by atoms with Gasteiger partial charge in [-0.15, -0.1) is 0 Å². The van der Waals surface area contributed by atoms with Gasteiger partial charge >= 0.3 is 6.18 Å². The predicted molar refractivity (Wildman–Crippen MR) is 96.5 cm³/mol. The number of thioether (sulfide) groups is 1. The van der Waals surface area contributed by atoms with Crippen molar-refractivity contribution in [3.63, 3.8) is 0 Å². The van der Waals surface area contributed by atoms with Gasteiger partial charge in [0.1, 0.15) is 0 Å². The van der Waals surface area contributed by atoms with Crippen LogP contribution in [0.15, 0.2) is 59.5 Å². The molecule has 0 unspecified atom stereocenters. The second kappa shape index (κ2) is 7.62. The van der Waals surface area contributed by atoms with Crippen LogP contribution in [-0.2, 0) is 16.2 Å². The lowest BCUT2D eigenvalue weighted by Crippen LogP contribution is -2.33. The summed E-state index contributed by atoms with van der Waals surface area (Å²) >= 11 is 1.70. The lowest BCUT2D eigenvalue weighted by atomic mass is 10.1. The van der Waals surface area contributed by atoms with Crippen LogP contribution in [0.2, 0.25) is 0 Å². The maximum atomic E-state index is 12.8. The van der Waals surface area contributed by atoms with E-state index in [1.54, 1.807) is 11.8 Å². The van der Waals surface area contributed by atoms with Crippen LogP contribution in [0, 0.1) is 0 Å². The summed E-state index contributed by atoms with van der Waals surface area (Å²) in [6.07, 6.45) is -3.82. The number of alkyl halides is 3. The average molecular weight is 401 g/mol. The van der Waals surface area contributed by atoms with Crippen LogP contribution in [-0.4, -0.2) is 31.6 Å². The first-order chi connectivity index (χ1) is 12.3. The summed E-state index contributed by atoms with van der Waals surface area (Å²) in [6.45, 7) is 0.688. The van der Waals surface area contributed by atoms with Crippen molar-refractivity contribution in [1.82, 2.24) is 4.31 Å². The molecule has 1 atom stereocenters. The van der Waals surface area contributed by atoms with Gasteiger partial charge in [-0.3, -0.25) is 0 Å². The van der Waals surface area contributed by atoms with Gasteiger partial charge < -0.3 is 0 Å². The first-order valence-electron chi connectivity index (χ1n) is 8.12. The van der Waals surface area contributed by atoms with Crippen molar-refractivity contribution in [3.8, 4) is 0 Å². The number of benzene rings is 2. The van der Waals surface area contributed by atoms with Crippen molar-refractivity contribution in [3.05, 3.63) is 65.7 Å². The van der Waals surface area contributed by atoms with Gasteiger partial charge in [0, 0.05) is 24.1 Å². The third-order valence-electron chi connectivity index (χ3n) is 4.29. The van der Waals surface area contributed by atoms with Crippen molar-refractivity contribution in [2.45, 2.75) is 22.7 Å². The lowest BCUT2D eigenvalue weighted by molar-refractivity contribution is -0.137. The Labute approximate surface area is 155 Å². The number of halogens is 3. The largest absolute Gasteiger partial charge is 0.416 e. The summed E-state index contributed by atoms with van der Waals surface area (Å²) < 4.78 is 64.9. The minimum Gasteiger partial charge on any atom is -0.207 e. The summed E-state index contributed by atoms with van der Waals surface area (Å²) in [6, 6.07) is 13.6. The minimum absolute atomic E-state index is 0.103. The number of hydrogen-bond donors (Lipinski definition) is 0. The zero-order chi connectivity index (χ0) is 18.8. The Kier molecular flexibility index (Phi) is 5.64. The Morgan fingerprint density at radius 2 is 1.62 bits per heavy atom. The van der Waals surface area contributed by atoms with Gasteiger partial charge in [-0.05, 0) is 36.2 Å². The molecule has 3 rings (SSSR count). The first-order valence-corrected chi connectivity index (χ1v) is 10.6. The maximum Gasteiger partial charge on any atom is 0.416 e. The molecule has 1 fully saturated rings. The fourth-order valence-electron chi connectivity index (χ4n) is 2.89. The number of rotatable bonds is 3. The molecule has 1 saturated heterocycles. The molecule has 2 aromatic rings. The molecule has 2 aromatic carbocycles. The summed E-state index contributed by atoms with van der Waals surface area (Å²) in [5.41, 5.74) is 0.304. The summed E-state index contributed by atoms with van der Waals surface area (Å²) in [5.74, 6) is 0.638. The van der Waals surface area contributed by atoms with Gasteiger partial charge in [-0.25, -0.2) is 8.42 Å². The molecule has 0 amide bonds. The van der Waals surface area contributed by atoms with E-state index in [9.17, 15) is 21.6 Å². The molecule has 1 aliphatic heterocycles. The summed E-state index contributed by atoms with van der Waals surface area (Å²) in [5, 5.41) is 0.212. The van der Waals surface area contributed by atoms with Gasteiger partial charge in [-0.1, -0.05) is 30.3 Å². The van der Waals surface area contributed by atoms with Crippen LogP contribution in [0.1, 0.15) is 22.8 Å². The van der Waals surface area contributed by atoms with E-state index < -0.39 is 21.8 Å². The van der Waals surface area contributed by atoms with Gasteiger partial charge in [0.05, 0.1) is 10.5 Å². The van der Waals surface area contributed by atoms with Crippen molar-refractivity contribution in [2.75, 3.05) is 18.8 Å². The van der Waals surface area contributed by atoms with E-state index in [1.807, 2.05) is 30.3 Å². The number of sulfonamides is 1. The molecule has 1 aliphatic rings. The van der Waals surface area contributed by atoms with E-state index in [0.29, 0.717) is 25.3 Å². The Morgan fingerprint density at radius 3 is 2.23 bits per heavy atom. The summed E-state index contributed by atoms with van der Waals surface area (Å²) in [4.78, 5) is -0.103. The molecule has 8 heteroatoms. The topological polar surface area (TPSA) is 37.4 Å². The second-order valence-electron chi connectivity index (χ2n) is 5.99. The highest BCUT2D eigenvalue weighted by Gasteiger charge is 2.32. The fourth-order valence-corrected chi connectivity index (χ4v) is 5.69. The Hall–Kier alpha value is -1.51. The number of hydrogen-bond acceptors (Lipinski definition) is 3. The maximum absolute atomic E-state index is 12.8. The van der Waals surface area contributed by atoms with Crippen molar-refractivity contribution in [2.24, 2.45) is 0 Å². The molecular formula is C18H18F3NO2S2. The molecule has 1 heterocycles. The van der Waals surface area contributed by atoms with E-state index in [-0.39, 0.29) is 10.1 Å². The van der Waals surface area contributed by atoms with Crippen LogP contribution in [0.3, 0.4) is 0 Å². The predicted octanol–water partition coefficient (Wildman–Crippen LogP) is 4.57. The van der Waals surface area contributed by atoms with Crippen LogP contribution >= 0.6 is 11.8 Å². The van der Waals surface area contributed by atoms with Crippen molar-refractivity contribution < 1.29 is 21.6 Å². The normalized spacial score (nSPS) is 19.9. The lowest BCUT2D eigenvalue weighted by Gasteiger charge is -2.20.